The molecule has 21 atom stereocenters. The van der Waals surface area contributed by atoms with Crippen LogP contribution in [0.5, 0.6) is 0 Å². The van der Waals surface area contributed by atoms with Gasteiger partial charge in [0.15, 0.2) is 18.9 Å². The molecule has 1 spiro atoms. The zero-order valence-corrected chi connectivity index (χ0v) is 31.8. The molecule has 3 aliphatic heterocycles. The Bertz CT molecular complexity index is 1450. The largest absolute Gasteiger partial charge is 0.481 e. The quantitative estimate of drug-likeness (QED) is 0.0812. The molecule has 7 rings (SSSR count). The molecule has 0 amide bonds. The van der Waals surface area contributed by atoms with Crippen molar-refractivity contribution in [2.75, 3.05) is 19.8 Å². The van der Waals surface area contributed by atoms with Crippen molar-refractivity contribution < 1.29 is 89.4 Å². The number of fused-ring (bicyclic) bond motifs is 3. The Morgan fingerprint density at radius 3 is 1.93 bits per heavy atom. The normalized spacial score (nSPS) is 54.6. The maximum atomic E-state index is 12.6. The van der Waals surface area contributed by atoms with E-state index in [2.05, 4.69) is 13.5 Å². The van der Waals surface area contributed by atoms with Gasteiger partial charge < -0.3 is 84.6 Å². The van der Waals surface area contributed by atoms with Crippen LogP contribution in [-0.4, -0.2) is 180 Å². The Labute approximate surface area is 324 Å². The Morgan fingerprint density at radius 1 is 0.714 bits per heavy atom. The SMILES string of the molecule is C=C1C[C@@]23CC[C@H]4[C@@](C)(CCC[C@@]4(C)C(=O)O)[C@@H]2CC[C@]1(O[C@@H]1O[C@H](CO)[C@@H](O)[C@H](O)[C@H]1O[C@@H]1O[C@H](CO[C@H]2O[C@H](CO)[C@@H](O)[C@H](O)[C@H]2O)[C@@H](O)[C@H](O)[C@H]1O)C3. The molecule has 0 aromatic rings. The zero-order chi connectivity index (χ0) is 40.7. The van der Waals surface area contributed by atoms with Gasteiger partial charge in [0.2, 0.25) is 0 Å². The van der Waals surface area contributed by atoms with E-state index < -0.39 is 129 Å². The molecule has 3 heterocycles. The number of aliphatic hydroxyl groups excluding tert-OH is 10. The number of aliphatic carboxylic acids is 1. The number of aliphatic hydroxyl groups is 10. The van der Waals surface area contributed by atoms with Crippen molar-refractivity contribution in [2.24, 2.45) is 28.1 Å². The fraction of sp³-hybridized carbons (Fsp3) is 0.921. The summed E-state index contributed by atoms with van der Waals surface area (Å²) in [6.45, 7) is 6.57. The number of carboxylic acids is 1. The molecule has 0 radical (unpaired) electrons. The predicted molar refractivity (Wildman–Crippen MR) is 187 cm³/mol. The molecule has 7 aliphatic rings. The minimum atomic E-state index is -1.91. The molecule has 2 bridgehead atoms. The van der Waals surface area contributed by atoms with Crippen molar-refractivity contribution in [1.29, 1.82) is 0 Å². The lowest BCUT2D eigenvalue weighted by molar-refractivity contribution is -0.381. The second kappa shape index (κ2) is 15.6. The van der Waals surface area contributed by atoms with Gasteiger partial charge in [-0.05, 0) is 86.5 Å². The summed E-state index contributed by atoms with van der Waals surface area (Å²) in [4.78, 5) is 12.6. The number of hydrogen-bond acceptors (Lipinski definition) is 17. The average Bonchev–Trinajstić information content (AvgIpc) is 3.36. The average molecular weight is 805 g/mol. The van der Waals surface area contributed by atoms with Crippen molar-refractivity contribution in [3.8, 4) is 0 Å². The van der Waals surface area contributed by atoms with E-state index in [1.165, 1.54) is 0 Å². The summed E-state index contributed by atoms with van der Waals surface area (Å²) in [5, 5.41) is 115. The summed E-state index contributed by atoms with van der Waals surface area (Å²) in [6, 6.07) is 0. The van der Waals surface area contributed by atoms with Crippen molar-refractivity contribution in [3.05, 3.63) is 12.2 Å². The number of ether oxygens (including phenoxy) is 6. The predicted octanol–water partition coefficient (Wildman–Crippen LogP) is -2.37. The van der Waals surface area contributed by atoms with Crippen LogP contribution in [0.3, 0.4) is 0 Å². The molecule has 0 aromatic heterocycles. The van der Waals surface area contributed by atoms with Crippen LogP contribution in [0.1, 0.15) is 71.6 Å². The van der Waals surface area contributed by atoms with E-state index in [4.69, 9.17) is 28.4 Å². The van der Waals surface area contributed by atoms with E-state index in [-0.39, 0.29) is 22.7 Å². The minimum absolute atomic E-state index is 0.0165. The van der Waals surface area contributed by atoms with Crippen LogP contribution in [-0.2, 0) is 33.2 Å². The maximum Gasteiger partial charge on any atom is 0.309 e. The van der Waals surface area contributed by atoms with E-state index in [9.17, 15) is 61.0 Å². The highest BCUT2D eigenvalue weighted by molar-refractivity contribution is 5.75. The monoisotopic (exact) mass is 804 g/mol. The molecule has 18 heteroatoms. The summed E-state index contributed by atoms with van der Waals surface area (Å²) in [7, 11) is 0. The molecular weight excluding hydrogens is 744 g/mol. The van der Waals surface area contributed by atoms with Crippen molar-refractivity contribution in [1.82, 2.24) is 0 Å². The van der Waals surface area contributed by atoms with E-state index in [0.717, 1.165) is 37.7 Å². The van der Waals surface area contributed by atoms with Gasteiger partial charge in [-0.2, -0.15) is 0 Å². The Balaban J connectivity index is 1.09. The first-order valence-corrected chi connectivity index (χ1v) is 19.9. The summed E-state index contributed by atoms with van der Waals surface area (Å²) in [5.74, 6) is -0.528. The topological polar surface area (TPSA) is 295 Å². The lowest BCUT2D eigenvalue weighted by Gasteiger charge is -2.64. The van der Waals surface area contributed by atoms with Crippen LogP contribution in [0.25, 0.3) is 0 Å². The molecule has 11 N–H and O–H groups in total. The molecule has 0 aromatic carbocycles. The first-order valence-electron chi connectivity index (χ1n) is 19.9. The number of hydrogen-bond donors (Lipinski definition) is 11. The molecule has 0 unspecified atom stereocenters. The highest BCUT2D eigenvalue weighted by Crippen LogP contribution is 2.73. The van der Waals surface area contributed by atoms with Gasteiger partial charge >= 0.3 is 5.97 Å². The number of rotatable bonds is 10. The molecule has 320 valence electrons. The van der Waals surface area contributed by atoms with E-state index in [1.54, 1.807) is 0 Å². The van der Waals surface area contributed by atoms with Gasteiger partial charge in [-0.25, -0.2) is 0 Å². The Kier molecular flexibility index (Phi) is 11.9. The minimum Gasteiger partial charge on any atom is -0.481 e. The lowest BCUT2D eigenvalue weighted by Crippen LogP contribution is -2.66. The standard InChI is InChI=1S/C38H60O18/c1-16-11-37-9-5-20-35(2,7-4-8-36(20,3)34(49)50)21(37)6-10-38(16,15-37)56-33-30(27(46)23(42)18(13-40)53-33)55-32-29(48)26(45)24(43)19(54-32)14-51-31-28(47)25(44)22(41)17(12-39)52-31/h17-33,39-48H,1,4-15H2,2-3H3,(H,49,50)/t17-,18-,19-,20+,21+,22-,23-,24-,25+,26+,27+,28-,29-,30-,31+,32+,33+,35-,36-,37-,38+/m1/s1. The second-order valence-corrected chi connectivity index (χ2v) is 18.0. The van der Waals surface area contributed by atoms with Gasteiger partial charge in [0.1, 0.15) is 73.2 Å². The number of carbonyl (C=O) groups is 1. The van der Waals surface area contributed by atoms with Gasteiger partial charge in [-0.3, -0.25) is 4.79 Å². The van der Waals surface area contributed by atoms with Crippen molar-refractivity contribution >= 4 is 5.97 Å². The van der Waals surface area contributed by atoms with Crippen molar-refractivity contribution in [2.45, 2.75) is 169 Å². The van der Waals surface area contributed by atoms with Crippen LogP contribution in [0.15, 0.2) is 12.2 Å². The highest BCUT2D eigenvalue weighted by atomic mass is 16.8. The molecule has 3 saturated heterocycles. The van der Waals surface area contributed by atoms with Gasteiger partial charge in [-0.1, -0.05) is 19.9 Å². The van der Waals surface area contributed by atoms with Crippen LogP contribution < -0.4 is 0 Å². The van der Waals surface area contributed by atoms with Crippen LogP contribution in [0.4, 0.5) is 0 Å². The number of carboxylic acid groups (broad SMARTS) is 1. The molecule has 7 fully saturated rings. The smallest absolute Gasteiger partial charge is 0.309 e. The Morgan fingerprint density at radius 2 is 1.29 bits per heavy atom. The third-order valence-electron chi connectivity index (χ3n) is 15.0. The van der Waals surface area contributed by atoms with Gasteiger partial charge in [0.05, 0.1) is 30.8 Å². The molecule has 56 heavy (non-hydrogen) atoms. The second-order valence-electron chi connectivity index (χ2n) is 18.0. The first kappa shape index (κ1) is 42.7. The van der Waals surface area contributed by atoms with Gasteiger partial charge in [0, 0.05) is 0 Å². The summed E-state index contributed by atoms with van der Waals surface area (Å²) in [6.07, 6.45) is -18.3. The maximum absolute atomic E-state index is 12.6. The summed E-state index contributed by atoms with van der Waals surface area (Å²) < 4.78 is 35.6. The zero-order valence-electron chi connectivity index (χ0n) is 31.8. The van der Waals surface area contributed by atoms with E-state index in [1.807, 2.05) is 6.92 Å². The first-order chi connectivity index (χ1) is 26.4. The molecule has 18 nitrogen and oxygen atoms in total. The lowest BCUT2D eigenvalue weighted by atomic mass is 9.41. The highest BCUT2D eigenvalue weighted by Gasteiger charge is 2.69. The Hall–Kier alpha value is -1.43. The molecular formula is C38H60O18. The molecule has 4 aliphatic carbocycles. The molecule has 4 saturated carbocycles. The van der Waals surface area contributed by atoms with Crippen molar-refractivity contribution in [3.63, 3.8) is 0 Å². The third-order valence-corrected chi connectivity index (χ3v) is 15.0. The fourth-order valence-corrected chi connectivity index (χ4v) is 12.0. The van der Waals surface area contributed by atoms with Crippen LogP contribution in [0.2, 0.25) is 0 Å². The summed E-state index contributed by atoms with van der Waals surface area (Å²) >= 11 is 0. The van der Waals surface area contributed by atoms with Crippen LogP contribution >= 0.6 is 0 Å². The van der Waals surface area contributed by atoms with E-state index >= 15 is 0 Å². The van der Waals surface area contributed by atoms with Crippen LogP contribution in [0, 0.1) is 28.1 Å². The fourth-order valence-electron chi connectivity index (χ4n) is 12.0. The van der Waals surface area contributed by atoms with Gasteiger partial charge in [-0.15, -0.1) is 0 Å². The summed E-state index contributed by atoms with van der Waals surface area (Å²) in [5.41, 5.74) is -1.42. The van der Waals surface area contributed by atoms with E-state index in [0.29, 0.717) is 25.7 Å². The third kappa shape index (κ3) is 6.78. The van der Waals surface area contributed by atoms with Gasteiger partial charge in [0.25, 0.3) is 0 Å².